The second-order valence-corrected chi connectivity index (χ2v) is 5.93. The number of rotatable bonds is 3. The molecule has 3 nitrogen and oxygen atoms in total. The van der Waals surface area contributed by atoms with Crippen molar-refractivity contribution >= 4 is 0 Å². The van der Waals surface area contributed by atoms with Crippen LogP contribution in [0.15, 0.2) is 18.2 Å². The van der Waals surface area contributed by atoms with Gasteiger partial charge in [0.25, 0.3) is 0 Å². The fourth-order valence-electron chi connectivity index (χ4n) is 2.98. The van der Waals surface area contributed by atoms with Crippen LogP contribution < -0.4 is 0 Å². The zero-order chi connectivity index (χ0) is 14.1. The largest absolute Gasteiger partial charge is 0.372 e. The van der Waals surface area contributed by atoms with Crippen molar-refractivity contribution in [1.29, 1.82) is 5.26 Å². The molecule has 4 heteroatoms. The van der Waals surface area contributed by atoms with Crippen molar-refractivity contribution in [2.75, 3.05) is 13.1 Å². The van der Waals surface area contributed by atoms with Gasteiger partial charge in [-0.3, -0.25) is 4.90 Å². The first kappa shape index (κ1) is 13.5. The summed E-state index contributed by atoms with van der Waals surface area (Å²) in [7, 11) is 0. The third-order valence-corrected chi connectivity index (χ3v) is 4.09. The Morgan fingerprint density at radius 2 is 2.20 bits per heavy atom. The fourth-order valence-corrected chi connectivity index (χ4v) is 2.98. The average molecular weight is 274 g/mol. The Kier molecular flexibility index (Phi) is 3.73. The Morgan fingerprint density at radius 3 is 2.90 bits per heavy atom. The summed E-state index contributed by atoms with van der Waals surface area (Å²) in [4.78, 5) is 2.28. The van der Waals surface area contributed by atoms with E-state index in [1.54, 1.807) is 6.07 Å². The molecule has 106 valence electrons. The number of nitriles is 1. The monoisotopic (exact) mass is 274 g/mol. The quantitative estimate of drug-likeness (QED) is 0.850. The van der Waals surface area contributed by atoms with Crippen molar-refractivity contribution in [2.45, 2.75) is 38.5 Å². The summed E-state index contributed by atoms with van der Waals surface area (Å²) in [5, 5.41) is 9.13. The number of benzene rings is 1. The molecule has 2 fully saturated rings. The highest BCUT2D eigenvalue weighted by atomic mass is 19.1. The van der Waals surface area contributed by atoms with Gasteiger partial charge in [-0.05, 0) is 49.4 Å². The topological polar surface area (TPSA) is 36.3 Å². The zero-order valence-electron chi connectivity index (χ0n) is 11.7. The van der Waals surface area contributed by atoms with E-state index in [9.17, 15) is 4.39 Å². The fraction of sp³-hybridized carbons (Fsp3) is 0.562. The van der Waals surface area contributed by atoms with Crippen molar-refractivity contribution in [2.24, 2.45) is 5.92 Å². The van der Waals surface area contributed by atoms with Crippen LogP contribution in [0.3, 0.4) is 0 Å². The average Bonchev–Trinajstić information content (AvgIpc) is 3.22. The Balaban J connectivity index is 1.73. The van der Waals surface area contributed by atoms with Crippen LogP contribution in [-0.2, 0) is 11.3 Å². The van der Waals surface area contributed by atoms with Gasteiger partial charge < -0.3 is 4.74 Å². The Bertz CT molecular complexity index is 536. The molecule has 0 amide bonds. The van der Waals surface area contributed by atoms with Crippen molar-refractivity contribution in [3.05, 3.63) is 35.1 Å². The maximum atomic E-state index is 13.4. The van der Waals surface area contributed by atoms with E-state index in [2.05, 4.69) is 17.9 Å². The Labute approximate surface area is 119 Å². The lowest BCUT2D eigenvalue weighted by molar-refractivity contribution is -0.0881. The summed E-state index contributed by atoms with van der Waals surface area (Å²) in [5.74, 6) is 0.419. The summed E-state index contributed by atoms with van der Waals surface area (Å²) in [5.41, 5.74) is 1.34. The van der Waals surface area contributed by atoms with E-state index in [4.69, 9.17) is 10.00 Å². The summed E-state index contributed by atoms with van der Waals surface area (Å²) in [6.07, 6.45) is 3.02. The number of hydrogen-bond donors (Lipinski definition) is 0. The predicted molar refractivity (Wildman–Crippen MR) is 73.5 cm³/mol. The minimum Gasteiger partial charge on any atom is -0.372 e. The lowest BCUT2D eigenvalue weighted by Gasteiger charge is -2.37. The van der Waals surface area contributed by atoms with Gasteiger partial charge in [-0.25, -0.2) is 4.39 Å². The molecule has 20 heavy (non-hydrogen) atoms. The predicted octanol–water partition coefficient (Wildman–Crippen LogP) is 2.70. The van der Waals surface area contributed by atoms with Crippen molar-refractivity contribution in [3.63, 3.8) is 0 Å². The van der Waals surface area contributed by atoms with Gasteiger partial charge in [0.2, 0.25) is 0 Å². The molecule has 0 bridgehead atoms. The van der Waals surface area contributed by atoms with Crippen LogP contribution in [0.25, 0.3) is 0 Å². The zero-order valence-corrected chi connectivity index (χ0v) is 11.7. The van der Waals surface area contributed by atoms with Crippen LogP contribution in [0.2, 0.25) is 0 Å². The molecule has 1 aromatic rings. The number of nitrogens with zero attached hydrogens (tertiary/aromatic N) is 2. The molecular weight excluding hydrogens is 255 g/mol. The second kappa shape index (κ2) is 5.51. The molecular formula is C16H19FN2O. The first-order valence-corrected chi connectivity index (χ1v) is 7.22. The van der Waals surface area contributed by atoms with Gasteiger partial charge in [0.05, 0.1) is 23.8 Å². The summed E-state index contributed by atoms with van der Waals surface area (Å²) >= 11 is 0. The van der Waals surface area contributed by atoms with Crippen LogP contribution in [0.1, 0.15) is 30.9 Å². The van der Waals surface area contributed by atoms with Crippen molar-refractivity contribution in [3.8, 4) is 6.07 Å². The lowest BCUT2D eigenvalue weighted by Crippen LogP contribution is -2.47. The number of hydrogen-bond acceptors (Lipinski definition) is 3. The first-order valence-electron chi connectivity index (χ1n) is 7.22. The van der Waals surface area contributed by atoms with Crippen LogP contribution >= 0.6 is 0 Å². The van der Waals surface area contributed by atoms with Gasteiger partial charge in [-0.2, -0.15) is 5.26 Å². The molecule has 1 heterocycles. The van der Waals surface area contributed by atoms with E-state index in [0.29, 0.717) is 24.1 Å². The number of ether oxygens (including phenoxy) is 1. The van der Waals surface area contributed by atoms with Gasteiger partial charge >= 0.3 is 0 Å². The Hall–Kier alpha value is -1.44. The summed E-state index contributed by atoms with van der Waals surface area (Å²) in [6, 6.07) is 6.53. The van der Waals surface area contributed by atoms with E-state index < -0.39 is 0 Å². The van der Waals surface area contributed by atoms with Crippen LogP contribution in [-0.4, -0.2) is 30.2 Å². The lowest BCUT2D eigenvalue weighted by atomic mass is 10.1. The van der Waals surface area contributed by atoms with Crippen LogP contribution in [0.5, 0.6) is 0 Å². The SMILES string of the molecule is C[C@H]1CN(Cc2cc(F)ccc2C#N)C[C@H](C2CC2)O1. The molecule has 1 aliphatic heterocycles. The van der Waals surface area contributed by atoms with E-state index in [0.717, 1.165) is 18.7 Å². The van der Waals surface area contributed by atoms with E-state index >= 15 is 0 Å². The second-order valence-electron chi connectivity index (χ2n) is 5.93. The third kappa shape index (κ3) is 3.00. The molecule has 0 unspecified atom stereocenters. The molecule has 0 radical (unpaired) electrons. The highest BCUT2D eigenvalue weighted by Gasteiger charge is 2.37. The minimum atomic E-state index is -0.279. The highest BCUT2D eigenvalue weighted by Crippen LogP contribution is 2.36. The summed E-state index contributed by atoms with van der Waals surface area (Å²) < 4.78 is 19.4. The number of morpholine rings is 1. The molecule has 1 saturated heterocycles. The smallest absolute Gasteiger partial charge is 0.123 e. The maximum absolute atomic E-state index is 13.4. The number of halogens is 1. The van der Waals surface area contributed by atoms with Crippen molar-refractivity contribution in [1.82, 2.24) is 4.90 Å². The van der Waals surface area contributed by atoms with Gasteiger partial charge in [0, 0.05) is 19.6 Å². The molecule has 1 aliphatic carbocycles. The Morgan fingerprint density at radius 1 is 1.40 bits per heavy atom. The van der Waals surface area contributed by atoms with Crippen LogP contribution in [0.4, 0.5) is 4.39 Å². The van der Waals surface area contributed by atoms with Gasteiger partial charge in [0.1, 0.15) is 5.82 Å². The van der Waals surface area contributed by atoms with E-state index in [-0.39, 0.29) is 11.9 Å². The minimum absolute atomic E-state index is 0.202. The van der Waals surface area contributed by atoms with Gasteiger partial charge in [0.15, 0.2) is 0 Å². The molecule has 2 aliphatic rings. The standard InChI is InChI=1S/C16H19FN2O/c1-11-8-19(10-16(20-11)12-2-3-12)9-14-6-15(17)5-4-13(14)7-18/h4-6,11-12,16H,2-3,8-10H2,1H3/t11-,16+/m0/s1. The molecule has 0 aromatic heterocycles. The molecule has 0 spiro atoms. The normalized spacial score (nSPS) is 27.2. The molecule has 1 aromatic carbocycles. The third-order valence-electron chi connectivity index (χ3n) is 4.09. The molecule has 0 N–H and O–H groups in total. The van der Waals surface area contributed by atoms with E-state index in [1.807, 2.05) is 0 Å². The first-order chi connectivity index (χ1) is 9.65. The van der Waals surface area contributed by atoms with Crippen molar-refractivity contribution < 1.29 is 9.13 Å². The van der Waals surface area contributed by atoms with Gasteiger partial charge in [-0.1, -0.05) is 0 Å². The van der Waals surface area contributed by atoms with E-state index in [1.165, 1.54) is 25.0 Å². The molecule has 1 saturated carbocycles. The molecule has 3 rings (SSSR count). The highest BCUT2D eigenvalue weighted by molar-refractivity contribution is 5.37. The van der Waals surface area contributed by atoms with Gasteiger partial charge in [-0.15, -0.1) is 0 Å². The summed E-state index contributed by atoms with van der Waals surface area (Å²) in [6.45, 7) is 4.43. The maximum Gasteiger partial charge on any atom is 0.123 e. The molecule has 2 atom stereocenters. The van der Waals surface area contributed by atoms with Crippen LogP contribution in [0, 0.1) is 23.1 Å².